The highest BCUT2D eigenvalue weighted by atomic mass is 15.2. The topological polar surface area (TPSA) is 15.3 Å². The number of hydrogen-bond acceptors (Lipinski definition) is 2. The molecule has 2 saturated heterocycles. The van der Waals surface area contributed by atoms with Crippen LogP contribution < -0.4 is 5.32 Å². The Kier molecular flexibility index (Phi) is 4.42. The third kappa shape index (κ3) is 3.07. The Morgan fingerprint density at radius 2 is 1.70 bits per heavy atom. The molecule has 110 valence electrons. The number of likely N-dealkylation sites (tertiary alicyclic amines) is 1. The van der Waals surface area contributed by atoms with E-state index in [4.69, 9.17) is 0 Å². The molecular weight excluding hydrogens is 244 g/mol. The van der Waals surface area contributed by atoms with Crippen molar-refractivity contribution in [1.29, 1.82) is 0 Å². The Bertz CT molecular complexity index is 441. The lowest BCUT2D eigenvalue weighted by molar-refractivity contribution is 0.127. The zero-order valence-electron chi connectivity index (χ0n) is 13.0. The van der Waals surface area contributed by atoms with Gasteiger partial charge in [0.25, 0.3) is 0 Å². The molecule has 0 spiro atoms. The number of aryl methyl sites for hydroxylation is 2. The Balaban J connectivity index is 1.61. The van der Waals surface area contributed by atoms with E-state index in [1.165, 1.54) is 63.0 Å². The average Bonchev–Trinajstić information content (AvgIpc) is 2.51. The van der Waals surface area contributed by atoms with E-state index in [0.29, 0.717) is 0 Å². The molecule has 0 amide bonds. The van der Waals surface area contributed by atoms with Crippen LogP contribution >= 0.6 is 0 Å². The van der Waals surface area contributed by atoms with Crippen LogP contribution in [0.3, 0.4) is 0 Å². The quantitative estimate of drug-likeness (QED) is 0.889. The van der Waals surface area contributed by atoms with Crippen LogP contribution in [0.1, 0.15) is 48.3 Å². The highest BCUT2D eigenvalue weighted by Gasteiger charge is 2.27. The summed E-state index contributed by atoms with van der Waals surface area (Å²) in [7, 11) is 0. The normalized spacial score (nSPS) is 23.1. The van der Waals surface area contributed by atoms with Crippen molar-refractivity contribution in [2.24, 2.45) is 0 Å². The van der Waals surface area contributed by atoms with Gasteiger partial charge in [-0.3, -0.25) is 0 Å². The van der Waals surface area contributed by atoms with Crippen LogP contribution in [-0.2, 0) is 0 Å². The average molecular weight is 272 g/mol. The van der Waals surface area contributed by atoms with E-state index in [1.54, 1.807) is 5.56 Å². The van der Waals surface area contributed by atoms with Gasteiger partial charge >= 0.3 is 0 Å². The maximum atomic E-state index is 3.48. The molecule has 2 aliphatic heterocycles. The first-order valence-corrected chi connectivity index (χ1v) is 8.26. The SMILES string of the molecule is Cc1ccc(C)c(C2CCN(C3CCNCC3)CC2)c1. The van der Waals surface area contributed by atoms with E-state index < -0.39 is 0 Å². The Labute approximate surface area is 123 Å². The van der Waals surface area contributed by atoms with Gasteiger partial charge in [-0.1, -0.05) is 23.8 Å². The van der Waals surface area contributed by atoms with Crippen molar-refractivity contribution in [2.75, 3.05) is 26.2 Å². The molecule has 0 unspecified atom stereocenters. The van der Waals surface area contributed by atoms with E-state index in [9.17, 15) is 0 Å². The summed E-state index contributed by atoms with van der Waals surface area (Å²) in [6.45, 7) is 9.50. The van der Waals surface area contributed by atoms with Crippen LogP contribution in [0.25, 0.3) is 0 Å². The first-order chi connectivity index (χ1) is 9.74. The van der Waals surface area contributed by atoms with E-state index >= 15 is 0 Å². The lowest BCUT2D eigenvalue weighted by Gasteiger charge is -2.40. The molecule has 0 atom stereocenters. The Morgan fingerprint density at radius 3 is 2.40 bits per heavy atom. The first kappa shape index (κ1) is 14.1. The molecule has 1 N–H and O–H groups in total. The maximum absolute atomic E-state index is 3.48. The summed E-state index contributed by atoms with van der Waals surface area (Å²) in [6.07, 6.45) is 5.37. The minimum atomic E-state index is 0.785. The molecular formula is C18H28N2. The highest BCUT2D eigenvalue weighted by molar-refractivity contribution is 5.33. The summed E-state index contributed by atoms with van der Waals surface area (Å²) >= 11 is 0. The van der Waals surface area contributed by atoms with Crippen molar-refractivity contribution in [2.45, 2.75) is 51.5 Å². The van der Waals surface area contributed by atoms with Gasteiger partial charge in [-0.15, -0.1) is 0 Å². The van der Waals surface area contributed by atoms with E-state index in [-0.39, 0.29) is 0 Å². The van der Waals surface area contributed by atoms with Crippen LogP contribution in [0.15, 0.2) is 18.2 Å². The fourth-order valence-electron chi connectivity index (χ4n) is 3.95. The van der Waals surface area contributed by atoms with Gasteiger partial charge in [0.1, 0.15) is 0 Å². The minimum absolute atomic E-state index is 0.785. The number of rotatable bonds is 2. The Hall–Kier alpha value is -0.860. The molecule has 0 bridgehead atoms. The van der Waals surface area contributed by atoms with Gasteiger partial charge in [0.05, 0.1) is 0 Å². The van der Waals surface area contributed by atoms with Crippen LogP contribution in [0.4, 0.5) is 0 Å². The van der Waals surface area contributed by atoms with Gasteiger partial charge in [0.15, 0.2) is 0 Å². The summed E-state index contributed by atoms with van der Waals surface area (Å²) in [4.78, 5) is 2.75. The van der Waals surface area contributed by atoms with Crippen molar-refractivity contribution < 1.29 is 0 Å². The monoisotopic (exact) mass is 272 g/mol. The molecule has 0 aromatic heterocycles. The van der Waals surface area contributed by atoms with Crippen molar-refractivity contribution in [3.05, 3.63) is 34.9 Å². The standard InChI is InChI=1S/C18H28N2/c1-14-3-4-15(2)18(13-14)16-7-11-20(12-8-16)17-5-9-19-10-6-17/h3-4,13,16-17,19H,5-12H2,1-2H3. The van der Waals surface area contributed by atoms with Gasteiger partial charge in [-0.2, -0.15) is 0 Å². The third-order valence-corrected chi connectivity index (χ3v) is 5.23. The largest absolute Gasteiger partial charge is 0.317 e. The first-order valence-electron chi connectivity index (χ1n) is 8.26. The number of nitrogens with zero attached hydrogens (tertiary/aromatic N) is 1. The van der Waals surface area contributed by atoms with Gasteiger partial charge < -0.3 is 10.2 Å². The summed E-state index contributed by atoms with van der Waals surface area (Å²) in [6, 6.07) is 7.79. The molecule has 2 nitrogen and oxygen atoms in total. The number of benzene rings is 1. The van der Waals surface area contributed by atoms with Crippen LogP contribution in [0, 0.1) is 13.8 Å². The summed E-state index contributed by atoms with van der Waals surface area (Å²) in [5, 5.41) is 3.48. The van der Waals surface area contributed by atoms with Crippen LogP contribution in [0.2, 0.25) is 0 Å². The number of hydrogen-bond donors (Lipinski definition) is 1. The minimum Gasteiger partial charge on any atom is -0.317 e. The highest BCUT2D eigenvalue weighted by Crippen LogP contribution is 2.32. The molecule has 1 aromatic rings. The van der Waals surface area contributed by atoms with Gasteiger partial charge in [0, 0.05) is 6.04 Å². The summed E-state index contributed by atoms with van der Waals surface area (Å²) in [5.41, 5.74) is 4.50. The molecule has 2 heterocycles. The predicted molar refractivity (Wildman–Crippen MR) is 85.4 cm³/mol. The molecule has 2 heteroatoms. The predicted octanol–water partition coefficient (Wildman–Crippen LogP) is 3.23. The smallest absolute Gasteiger partial charge is 0.0119 e. The third-order valence-electron chi connectivity index (χ3n) is 5.23. The lowest BCUT2D eigenvalue weighted by atomic mass is 9.85. The fraction of sp³-hybridized carbons (Fsp3) is 0.667. The van der Waals surface area contributed by atoms with Crippen molar-refractivity contribution >= 4 is 0 Å². The molecule has 0 aliphatic carbocycles. The van der Waals surface area contributed by atoms with Crippen molar-refractivity contribution in [3.8, 4) is 0 Å². The fourth-order valence-corrected chi connectivity index (χ4v) is 3.95. The maximum Gasteiger partial charge on any atom is 0.0119 e. The van der Waals surface area contributed by atoms with Gasteiger partial charge in [-0.05, 0) is 82.8 Å². The zero-order valence-corrected chi connectivity index (χ0v) is 13.0. The van der Waals surface area contributed by atoms with E-state index in [2.05, 4.69) is 42.3 Å². The molecule has 1 aromatic carbocycles. The summed E-state index contributed by atoms with van der Waals surface area (Å²) in [5.74, 6) is 0.785. The lowest BCUT2D eigenvalue weighted by Crippen LogP contribution is -2.46. The van der Waals surface area contributed by atoms with Gasteiger partial charge in [0.2, 0.25) is 0 Å². The molecule has 2 aliphatic rings. The second kappa shape index (κ2) is 6.28. The second-order valence-electron chi connectivity index (χ2n) is 6.65. The van der Waals surface area contributed by atoms with Crippen LogP contribution in [0.5, 0.6) is 0 Å². The van der Waals surface area contributed by atoms with E-state index in [1.807, 2.05) is 0 Å². The Morgan fingerprint density at radius 1 is 1.00 bits per heavy atom. The van der Waals surface area contributed by atoms with Crippen LogP contribution in [-0.4, -0.2) is 37.1 Å². The zero-order chi connectivity index (χ0) is 13.9. The molecule has 0 saturated carbocycles. The number of nitrogens with one attached hydrogen (secondary N) is 1. The van der Waals surface area contributed by atoms with Crippen molar-refractivity contribution in [3.63, 3.8) is 0 Å². The van der Waals surface area contributed by atoms with E-state index in [0.717, 1.165) is 12.0 Å². The summed E-state index contributed by atoms with van der Waals surface area (Å²) < 4.78 is 0. The molecule has 20 heavy (non-hydrogen) atoms. The second-order valence-corrected chi connectivity index (χ2v) is 6.65. The molecule has 0 radical (unpaired) electrons. The van der Waals surface area contributed by atoms with Gasteiger partial charge in [-0.25, -0.2) is 0 Å². The number of piperidine rings is 2. The van der Waals surface area contributed by atoms with Crippen molar-refractivity contribution in [1.82, 2.24) is 10.2 Å². The molecule has 3 rings (SSSR count). The molecule has 2 fully saturated rings.